The van der Waals surface area contributed by atoms with Crippen LogP contribution in [0.5, 0.6) is 0 Å². The maximum absolute atomic E-state index is 15.2. The van der Waals surface area contributed by atoms with Gasteiger partial charge in [-0.05, 0) is 78.8 Å². The number of hydrogen-bond acceptors (Lipinski definition) is 3. The largest absolute Gasteiger partial charge is 0.342 e. The first-order chi connectivity index (χ1) is 18.6. The van der Waals surface area contributed by atoms with Crippen LogP contribution in [0.4, 0.5) is 4.39 Å². The molecule has 2 aromatic heterocycles. The molecule has 6 heteroatoms. The Balaban J connectivity index is 0.00000129. The molecular weight excluding hydrogens is 473 g/mol. The molecule has 0 radical (unpaired) electrons. The van der Waals surface area contributed by atoms with Gasteiger partial charge in [-0.25, -0.2) is 14.4 Å². The van der Waals surface area contributed by atoms with Crippen LogP contribution in [-0.4, -0.2) is 26.0 Å². The van der Waals surface area contributed by atoms with Crippen LogP contribution in [0, 0.1) is 17.7 Å². The van der Waals surface area contributed by atoms with Gasteiger partial charge in [-0.15, -0.1) is 0 Å². The molecule has 0 amide bonds. The molecule has 0 bridgehead atoms. The zero-order chi connectivity index (χ0) is 26.4. The first kappa shape index (κ1) is 24.8. The molecule has 196 valence electrons. The van der Waals surface area contributed by atoms with Gasteiger partial charge in [0.25, 0.3) is 0 Å². The second-order valence-corrected chi connectivity index (χ2v) is 10.6. The number of H-pyrrole nitrogens is 2. The Morgan fingerprint density at radius 2 is 1.84 bits per heavy atom. The lowest BCUT2D eigenvalue weighted by Crippen LogP contribution is -2.24. The van der Waals surface area contributed by atoms with E-state index in [1.54, 1.807) is 12.3 Å². The minimum absolute atomic E-state index is 0.260. The SMILES string of the molecule is CC.CCC(C)NCc1ncc(-c2ccc(-c3ccc4c(ccc5[nH]c([C@@H]6C[C@H]7CC76)nc54)c3)cc2F)[nH]1. The summed E-state index contributed by atoms with van der Waals surface area (Å²) in [5.74, 6) is 4.12. The van der Waals surface area contributed by atoms with Gasteiger partial charge in [0.2, 0.25) is 0 Å². The highest BCUT2D eigenvalue weighted by molar-refractivity contribution is 6.05. The molecule has 2 aliphatic carbocycles. The molecule has 0 saturated heterocycles. The van der Waals surface area contributed by atoms with Crippen molar-refractivity contribution in [3.8, 4) is 22.4 Å². The number of fused-ring (bicyclic) bond motifs is 4. The van der Waals surface area contributed by atoms with Crippen molar-refractivity contribution in [3.63, 3.8) is 0 Å². The van der Waals surface area contributed by atoms with Crippen LogP contribution >= 0.6 is 0 Å². The molecule has 38 heavy (non-hydrogen) atoms. The predicted molar refractivity (Wildman–Crippen MR) is 153 cm³/mol. The Morgan fingerprint density at radius 1 is 1.03 bits per heavy atom. The molecular formula is C32H36FN5. The van der Waals surface area contributed by atoms with Crippen molar-refractivity contribution in [1.29, 1.82) is 0 Å². The maximum atomic E-state index is 15.2. The van der Waals surface area contributed by atoms with E-state index < -0.39 is 0 Å². The van der Waals surface area contributed by atoms with E-state index in [9.17, 15) is 0 Å². The number of halogens is 1. The van der Waals surface area contributed by atoms with E-state index in [-0.39, 0.29) is 5.82 Å². The number of hydrogen-bond donors (Lipinski definition) is 3. The number of nitrogens with zero attached hydrogens (tertiary/aromatic N) is 2. The minimum Gasteiger partial charge on any atom is -0.342 e. The van der Waals surface area contributed by atoms with E-state index in [0.717, 1.165) is 62.8 Å². The third-order valence-corrected chi connectivity index (χ3v) is 8.34. The first-order valence-corrected chi connectivity index (χ1v) is 14.1. The Morgan fingerprint density at radius 3 is 2.58 bits per heavy atom. The average Bonchev–Trinajstić information content (AvgIpc) is 3.28. The third kappa shape index (κ3) is 4.41. The first-order valence-electron chi connectivity index (χ1n) is 14.1. The van der Waals surface area contributed by atoms with Gasteiger partial charge >= 0.3 is 0 Å². The molecule has 7 rings (SSSR count). The summed E-state index contributed by atoms with van der Waals surface area (Å²) >= 11 is 0. The second kappa shape index (κ2) is 9.99. The highest BCUT2D eigenvalue weighted by atomic mass is 19.1. The van der Waals surface area contributed by atoms with E-state index in [1.807, 2.05) is 26.0 Å². The van der Waals surface area contributed by atoms with Gasteiger partial charge in [-0.2, -0.15) is 0 Å². The van der Waals surface area contributed by atoms with Crippen molar-refractivity contribution < 1.29 is 4.39 Å². The standard InChI is InChI=1S/C30H30FN5.C2H6/c1-3-16(2)32-15-28-33-14-27(34-28)22-8-5-18(13-25(22)31)17-4-7-21-19(10-17)6-9-26-29(21)36-30(35-26)24-12-20-11-23(20)24;1-2/h4-10,13-14,16,20,23-24,32H,3,11-12,15H2,1-2H3,(H,33,34)(H,35,36);1-2H3/t16?,20-,23?,24-;/m1./s1. The van der Waals surface area contributed by atoms with Crippen molar-refractivity contribution in [1.82, 2.24) is 25.3 Å². The van der Waals surface area contributed by atoms with E-state index in [4.69, 9.17) is 4.98 Å². The van der Waals surface area contributed by atoms with Crippen LogP contribution < -0.4 is 5.32 Å². The molecule has 3 aromatic carbocycles. The third-order valence-electron chi connectivity index (χ3n) is 8.34. The number of benzene rings is 3. The molecule has 0 aliphatic heterocycles. The van der Waals surface area contributed by atoms with Crippen LogP contribution in [0.2, 0.25) is 0 Å². The number of aromatic nitrogens is 4. The molecule has 3 N–H and O–H groups in total. The zero-order valence-corrected chi connectivity index (χ0v) is 22.6. The Bertz CT molecular complexity index is 1600. The summed E-state index contributed by atoms with van der Waals surface area (Å²) in [5.41, 5.74) is 5.21. The minimum atomic E-state index is -0.260. The summed E-state index contributed by atoms with van der Waals surface area (Å²) < 4.78 is 15.2. The fraction of sp³-hybridized carbons (Fsp3) is 0.375. The highest BCUT2D eigenvalue weighted by Gasteiger charge is 2.54. The quantitative estimate of drug-likeness (QED) is 0.208. The molecule has 5 nitrogen and oxygen atoms in total. The van der Waals surface area contributed by atoms with Crippen molar-refractivity contribution in [2.75, 3.05) is 0 Å². The Hall–Kier alpha value is -3.51. The molecule has 5 aromatic rings. The monoisotopic (exact) mass is 509 g/mol. The molecule has 4 atom stereocenters. The number of nitrogens with one attached hydrogen (secondary N) is 3. The van der Waals surface area contributed by atoms with Crippen molar-refractivity contribution >= 4 is 21.8 Å². The lowest BCUT2D eigenvalue weighted by Gasteiger charge is -2.21. The fourth-order valence-electron chi connectivity index (χ4n) is 5.75. The molecule has 0 spiro atoms. The number of rotatable bonds is 7. The van der Waals surface area contributed by atoms with Gasteiger partial charge in [-0.3, -0.25) is 0 Å². The summed E-state index contributed by atoms with van der Waals surface area (Å²) in [6.45, 7) is 8.92. The van der Waals surface area contributed by atoms with Gasteiger partial charge < -0.3 is 15.3 Å². The number of imidazole rings is 2. The van der Waals surface area contributed by atoms with E-state index >= 15 is 4.39 Å². The van der Waals surface area contributed by atoms with Crippen molar-refractivity contribution in [3.05, 3.63) is 72.2 Å². The second-order valence-electron chi connectivity index (χ2n) is 10.6. The molecule has 2 unspecified atom stereocenters. The summed E-state index contributed by atoms with van der Waals surface area (Å²) in [7, 11) is 0. The topological polar surface area (TPSA) is 69.4 Å². The predicted octanol–water partition coefficient (Wildman–Crippen LogP) is 7.95. The van der Waals surface area contributed by atoms with Gasteiger partial charge in [0.15, 0.2) is 0 Å². The van der Waals surface area contributed by atoms with Gasteiger partial charge in [0.1, 0.15) is 17.5 Å². The average molecular weight is 510 g/mol. The van der Waals surface area contributed by atoms with Crippen LogP contribution in [0.15, 0.2) is 54.7 Å². The molecule has 2 fully saturated rings. The van der Waals surface area contributed by atoms with Crippen LogP contribution in [0.3, 0.4) is 0 Å². The van der Waals surface area contributed by atoms with Crippen LogP contribution in [0.25, 0.3) is 44.2 Å². The van der Waals surface area contributed by atoms with Crippen LogP contribution in [-0.2, 0) is 6.54 Å². The number of aromatic amines is 2. The van der Waals surface area contributed by atoms with Gasteiger partial charge in [0, 0.05) is 22.9 Å². The van der Waals surface area contributed by atoms with Gasteiger partial charge in [0.05, 0.1) is 29.5 Å². The molecule has 2 heterocycles. The normalized spacial score (nSPS) is 20.5. The fourth-order valence-corrected chi connectivity index (χ4v) is 5.75. The summed E-state index contributed by atoms with van der Waals surface area (Å²) in [4.78, 5) is 16.2. The Kier molecular flexibility index (Phi) is 6.52. The lowest BCUT2D eigenvalue weighted by molar-refractivity contribution is 0.374. The smallest absolute Gasteiger partial charge is 0.133 e. The van der Waals surface area contributed by atoms with E-state index in [0.29, 0.717) is 29.8 Å². The summed E-state index contributed by atoms with van der Waals surface area (Å²) in [6.07, 6.45) is 5.41. The molecule has 2 aliphatic rings. The summed E-state index contributed by atoms with van der Waals surface area (Å²) in [5, 5.41) is 5.66. The van der Waals surface area contributed by atoms with Crippen LogP contribution in [0.1, 0.15) is 64.5 Å². The zero-order valence-electron chi connectivity index (χ0n) is 22.6. The molecule has 2 saturated carbocycles. The lowest BCUT2D eigenvalue weighted by atomic mass is 9.85. The van der Waals surface area contributed by atoms with E-state index in [2.05, 4.69) is 64.4 Å². The Labute approximate surface area is 223 Å². The highest BCUT2D eigenvalue weighted by Crippen LogP contribution is 2.63. The van der Waals surface area contributed by atoms with Crippen molar-refractivity contribution in [2.45, 2.75) is 65.5 Å². The van der Waals surface area contributed by atoms with Gasteiger partial charge in [-0.1, -0.05) is 45.0 Å². The van der Waals surface area contributed by atoms with E-state index in [1.165, 1.54) is 12.8 Å². The summed E-state index contributed by atoms with van der Waals surface area (Å²) in [6, 6.07) is 16.4. The maximum Gasteiger partial charge on any atom is 0.133 e. The van der Waals surface area contributed by atoms with Crippen molar-refractivity contribution in [2.24, 2.45) is 11.8 Å².